The number of hydrogen-bond acceptors (Lipinski definition) is 9. The summed E-state index contributed by atoms with van der Waals surface area (Å²) in [7, 11) is 1.60. The van der Waals surface area contributed by atoms with Crippen LogP contribution in [0.4, 0.5) is 17.3 Å². The zero-order chi connectivity index (χ0) is 21.3. The lowest BCUT2D eigenvalue weighted by atomic mass is 10.2. The van der Waals surface area contributed by atoms with Crippen molar-refractivity contribution in [3.8, 4) is 10.6 Å². The van der Waals surface area contributed by atoms with Gasteiger partial charge in [-0.25, -0.2) is 19.9 Å². The van der Waals surface area contributed by atoms with Gasteiger partial charge in [-0.05, 0) is 32.9 Å². The van der Waals surface area contributed by atoms with E-state index in [4.69, 9.17) is 0 Å². The molecule has 30 heavy (non-hydrogen) atoms. The third-order valence-corrected chi connectivity index (χ3v) is 6.01. The summed E-state index contributed by atoms with van der Waals surface area (Å²) in [5, 5.41) is 10.1. The standard InChI is InChI=1S/C20H21N7OS2/c1-10(2)24-14-7-16(25-15-6-5-13-20(26-15)29-9-23-13)22-8-12(14)19-27-17(11(3)30-19)18(28)21-4/h5-10H,1-4H3,(H,21,28)(H2,22,24,25,26). The van der Waals surface area contributed by atoms with E-state index in [1.54, 1.807) is 18.8 Å². The highest BCUT2D eigenvalue weighted by molar-refractivity contribution is 7.16. The molecule has 0 bridgehead atoms. The van der Waals surface area contributed by atoms with Crippen molar-refractivity contribution in [3.63, 3.8) is 0 Å². The quantitative estimate of drug-likeness (QED) is 0.408. The largest absolute Gasteiger partial charge is 0.382 e. The number of pyridine rings is 2. The van der Waals surface area contributed by atoms with Crippen LogP contribution in [0.2, 0.25) is 0 Å². The zero-order valence-corrected chi connectivity index (χ0v) is 18.6. The molecule has 0 aliphatic carbocycles. The van der Waals surface area contributed by atoms with E-state index in [9.17, 15) is 4.79 Å². The molecule has 4 heterocycles. The SMILES string of the molecule is CNC(=O)c1nc(-c2cnc(Nc3ccc4ncsc4n3)cc2NC(C)C)sc1C. The first kappa shape index (κ1) is 20.2. The second kappa shape index (κ2) is 8.33. The average Bonchev–Trinajstić information content (AvgIpc) is 3.33. The lowest BCUT2D eigenvalue weighted by Gasteiger charge is -2.15. The van der Waals surface area contributed by atoms with Gasteiger partial charge in [-0.3, -0.25) is 4.79 Å². The van der Waals surface area contributed by atoms with Crippen molar-refractivity contribution in [1.29, 1.82) is 0 Å². The Morgan fingerprint density at radius 2 is 1.97 bits per heavy atom. The van der Waals surface area contributed by atoms with E-state index in [2.05, 4.69) is 49.7 Å². The van der Waals surface area contributed by atoms with E-state index >= 15 is 0 Å². The van der Waals surface area contributed by atoms with Crippen LogP contribution in [-0.4, -0.2) is 38.9 Å². The Balaban J connectivity index is 1.69. The van der Waals surface area contributed by atoms with Gasteiger partial charge in [0, 0.05) is 35.9 Å². The minimum absolute atomic E-state index is 0.191. The summed E-state index contributed by atoms with van der Waals surface area (Å²) in [5.74, 6) is 1.18. The molecule has 0 saturated carbocycles. The first-order chi connectivity index (χ1) is 14.4. The van der Waals surface area contributed by atoms with Crippen molar-refractivity contribution >= 4 is 56.3 Å². The van der Waals surface area contributed by atoms with Crippen LogP contribution in [0.1, 0.15) is 29.2 Å². The lowest BCUT2D eigenvalue weighted by Crippen LogP contribution is -2.19. The number of anilines is 3. The number of fused-ring (bicyclic) bond motifs is 1. The highest BCUT2D eigenvalue weighted by Gasteiger charge is 2.18. The zero-order valence-electron chi connectivity index (χ0n) is 17.0. The van der Waals surface area contributed by atoms with Gasteiger partial charge in [0.2, 0.25) is 0 Å². The molecule has 1 amide bonds. The molecule has 0 unspecified atom stereocenters. The van der Waals surface area contributed by atoms with Crippen LogP contribution in [0.3, 0.4) is 0 Å². The van der Waals surface area contributed by atoms with E-state index < -0.39 is 0 Å². The minimum atomic E-state index is -0.191. The van der Waals surface area contributed by atoms with Gasteiger partial charge in [-0.15, -0.1) is 22.7 Å². The third-order valence-electron chi connectivity index (χ3n) is 4.27. The summed E-state index contributed by atoms with van der Waals surface area (Å²) >= 11 is 2.97. The van der Waals surface area contributed by atoms with Gasteiger partial charge in [-0.1, -0.05) is 0 Å². The second-order valence-electron chi connectivity index (χ2n) is 6.92. The number of thiazole rings is 2. The summed E-state index contributed by atoms with van der Waals surface area (Å²) in [5.41, 5.74) is 4.84. The Bertz CT molecular complexity index is 1220. The highest BCUT2D eigenvalue weighted by atomic mass is 32.1. The van der Waals surface area contributed by atoms with E-state index in [-0.39, 0.29) is 11.9 Å². The Hall–Kier alpha value is -3.11. The Labute approximate surface area is 181 Å². The van der Waals surface area contributed by atoms with Crippen LogP contribution < -0.4 is 16.0 Å². The topological polar surface area (TPSA) is 105 Å². The van der Waals surface area contributed by atoms with E-state index in [0.29, 0.717) is 17.3 Å². The van der Waals surface area contributed by atoms with Crippen molar-refractivity contribution in [2.45, 2.75) is 26.8 Å². The summed E-state index contributed by atoms with van der Waals surface area (Å²) in [6.07, 6.45) is 1.77. The molecule has 0 fully saturated rings. The Morgan fingerprint density at radius 3 is 2.73 bits per heavy atom. The molecule has 3 N–H and O–H groups in total. The maximum absolute atomic E-state index is 12.1. The van der Waals surface area contributed by atoms with Crippen molar-refractivity contribution in [3.05, 3.63) is 40.5 Å². The van der Waals surface area contributed by atoms with Gasteiger partial charge in [0.25, 0.3) is 5.91 Å². The number of carbonyl (C=O) groups is 1. The summed E-state index contributed by atoms with van der Waals surface area (Å²) < 4.78 is 0. The number of hydrogen-bond donors (Lipinski definition) is 3. The first-order valence-electron chi connectivity index (χ1n) is 9.38. The van der Waals surface area contributed by atoms with E-state index in [1.807, 2.05) is 25.1 Å². The molecule has 0 saturated heterocycles. The van der Waals surface area contributed by atoms with Crippen LogP contribution in [0, 0.1) is 6.92 Å². The molecule has 0 aliphatic rings. The van der Waals surface area contributed by atoms with Crippen LogP contribution in [0.25, 0.3) is 20.9 Å². The summed E-state index contributed by atoms with van der Waals surface area (Å²) in [6, 6.07) is 5.96. The Morgan fingerprint density at radius 1 is 1.13 bits per heavy atom. The van der Waals surface area contributed by atoms with Gasteiger partial charge >= 0.3 is 0 Å². The van der Waals surface area contributed by atoms with Gasteiger partial charge in [-0.2, -0.15) is 0 Å². The van der Waals surface area contributed by atoms with E-state index in [1.165, 1.54) is 22.7 Å². The molecule has 0 spiro atoms. The number of carbonyl (C=O) groups excluding carboxylic acids is 1. The average molecular weight is 440 g/mol. The maximum atomic E-state index is 12.1. The van der Waals surface area contributed by atoms with Gasteiger partial charge in [0.1, 0.15) is 32.7 Å². The van der Waals surface area contributed by atoms with Gasteiger partial charge < -0.3 is 16.0 Å². The van der Waals surface area contributed by atoms with Crippen LogP contribution in [-0.2, 0) is 0 Å². The fraction of sp³-hybridized carbons (Fsp3) is 0.250. The predicted molar refractivity (Wildman–Crippen MR) is 123 cm³/mol. The smallest absolute Gasteiger partial charge is 0.270 e. The highest BCUT2D eigenvalue weighted by Crippen LogP contribution is 2.34. The summed E-state index contributed by atoms with van der Waals surface area (Å²) in [6.45, 7) is 6.03. The van der Waals surface area contributed by atoms with Crippen molar-refractivity contribution in [2.75, 3.05) is 17.7 Å². The van der Waals surface area contributed by atoms with Crippen LogP contribution >= 0.6 is 22.7 Å². The molecular formula is C20H21N7OS2. The van der Waals surface area contributed by atoms with Crippen LogP contribution in [0.15, 0.2) is 29.9 Å². The molecular weight excluding hydrogens is 418 g/mol. The molecule has 0 radical (unpaired) electrons. The van der Waals surface area contributed by atoms with Gasteiger partial charge in [0.15, 0.2) is 0 Å². The number of nitrogens with zero attached hydrogens (tertiary/aromatic N) is 4. The lowest BCUT2D eigenvalue weighted by molar-refractivity contribution is 0.0958. The van der Waals surface area contributed by atoms with Crippen molar-refractivity contribution in [1.82, 2.24) is 25.3 Å². The minimum Gasteiger partial charge on any atom is -0.382 e. The molecule has 154 valence electrons. The molecule has 8 nitrogen and oxygen atoms in total. The molecule has 0 aromatic carbocycles. The molecule has 4 rings (SSSR count). The predicted octanol–water partition coefficient (Wildman–Crippen LogP) is 4.44. The number of nitrogens with one attached hydrogen (secondary N) is 3. The second-order valence-corrected chi connectivity index (χ2v) is 8.95. The number of amides is 1. The van der Waals surface area contributed by atoms with E-state index in [0.717, 1.165) is 31.5 Å². The molecule has 10 heteroatoms. The number of rotatable bonds is 6. The van der Waals surface area contributed by atoms with Gasteiger partial charge in [0.05, 0.1) is 11.1 Å². The molecule has 4 aromatic rings. The first-order valence-corrected chi connectivity index (χ1v) is 11.1. The normalized spacial score (nSPS) is 11.1. The molecule has 4 aromatic heterocycles. The summed E-state index contributed by atoms with van der Waals surface area (Å²) in [4.78, 5) is 31.7. The number of aromatic nitrogens is 4. The van der Waals surface area contributed by atoms with Crippen molar-refractivity contribution in [2.24, 2.45) is 0 Å². The molecule has 0 aliphatic heterocycles. The molecule has 0 atom stereocenters. The number of aryl methyl sites for hydroxylation is 1. The fourth-order valence-electron chi connectivity index (χ4n) is 2.92. The maximum Gasteiger partial charge on any atom is 0.270 e. The van der Waals surface area contributed by atoms with Crippen LogP contribution in [0.5, 0.6) is 0 Å². The fourth-order valence-corrected chi connectivity index (χ4v) is 4.51. The van der Waals surface area contributed by atoms with Crippen molar-refractivity contribution < 1.29 is 4.79 Å². The third kappa shape index (κ3) is 4.10. The Kier molecular flexibility index (Phi) is 5.60. The monoisotopic (exact) mass is 439 g/mol.